The molecule has 0 aliphatic carbocycles. The number of amides is 1. The third-order valence-electron chi connectivity index (χ3n) is 5.47. The van der Waals surface area contributed by atoms with Crippen LogP contribution in [-0.4, -0.2) is 32.3 Å². The quantitative estimate of drug-likeness (QED) is 0.573. The summed E-state index contributed by atoms with van der Waals surface area (Å²) in [6.45, 7) is 3.37. The van der Waals surface area contributed by atoms with Gasteiger partial charge in [-0.3, -0.25) is 4.79 Å². The lowest BCUT2D eigenvalue weighted by Crippen LogP contribution is -2.24. The Labute approximate surface area is 162 Å². The van der Waals surface area contributed by atoms with E-state index in [1.54, 1.807) is 0 Å². The smallest absolute Gasteiger partial charge is 0.223 e. The maximum atomic E-state index is 11.9. The first-order valence-electron chi connectivity index (χ1n) is 9.52. The summed E-state index contributed by atoms with van der Waals surface area (Å²) in [5.74, 6) is 1.33. The lowest BCUT2D eigenvalue weighted by molar-refractivity contribution is -0.128. The third-order valence-corrected chi connectivity index (χ3v) is 5.47. The van der Waals surface area contributed by atoms with Crippen LogP contribution in [0.4, 0.5) is 5.82 Å². The highest BCUT2D eigenvalue weighted by Gasteiger charge is 2.22. The molecule has 0 atom stereocenters. The Morgan fingerprint density at radius 2 is 2.04 bits per heavy atom. The molecule has 1 aliphatic heterocycles. The highest BCUT2D eigenvalue weighted by molar-refractivity contribution is 6.07. The molecule has 1 saturated heterocycles. The molecule has 3 heterocycles. The van der Waals surface area contributed by atoms with Crippen molar-refractivity contribution in [2.75, 3.05) is 12.3 Å². The van der Waals surface area contributed by atoms with Gasteiger partial charge in [-0.2, -0.15) is 0 Å². The number of carbonyl (C=O) groups is 1. The van der Waals surface area contributed by atoms with Crippen molar-refractivity contribution in [2.45, 2.75) is 26.3 Å². The normalized spacial score (nSPS) is 14.5. The maximum absolute atomic E-state index is 11.9. The SMILES string of the molecule is Cc1ccccc1-c1ccc2c(c1)nc(N)c1nc(CN3CCCC3=O)[nH]c12. The minimum Gasteiger partial charge on any atom is -0.382 e. The molecule has 6 nitrogen and oxygen atoms in total. The van der Waals surface area contributed by atoms with Crippen LogP contribution < -0.4 is 5.73 Å². The Hall–Kier alpha value is -3.41. The fraction of sp³-hybridized carbons (Fsp3) is 0.227. The minimum atomic E-state index is 0.180. The second-order valence-corrected chi connectivity index (χ2v) is 7.37. The van der Waals surface area contributed by atoms with Gasteiger partial charge in [0.05, 0.1) is 17.6 Å². The average Bonchev–Trinajstić information content (AvgIpc) is 3.29. The van der Waals surface area contributed by atoms with E-state index in [4.69, 9.17) is 5.73 Å². The molecule has 1 aliphatic rings. The van der Waals surface area contributed by atoms with Gasteiger partial charge in [0.1, 0.15) is 11.3 Å². The number of anilines is 1. The zero-order valence-electron chi connectivity index (χ0n) is 15.7. The lowest BCUT2D eigenvalue weighted by Gasteiger charge is -2.12. The molecule has 4 aromatic rings. The van der Waals surface area contributed by atoms with E-state index in [2.05, 4.69) is 52.2 Å². The predicted molar refractivity (Wildman–Crippen MR) is 111 cm³/mol. The molecule has 28 heavy (non-hydrogen) atoms. The molecule has 0 radical (unpaired) electrons. The number of fused-ring (bicyclic) bond motifs is 3. The Morgan fingerprint density at radius 1 is 1.18 bits per heavy atom. The van der Waals surface area contributed by atoms with Crippen LogP contribution in [0.15, 0.2) is 42.5 Å². The summed E-state index contributed by atoms with van der Waals surface area (Å²) in [5.41, 5.74) is 12.1. The summed E-state index contributed by atoms with van der Waals surface area (Å²) < 4.78 is 0. The molecule has 6 heteroatoms. The van der Waals surface area contributed by atoms with E-state index in [-0.39, 0.29) is 5.91 Å². The van der Waals surface area contributed by atoms with Gasteiger partial charge in [0.2, 0.25) is 5.91 Å². The van der Waals surface area contributed by atoms with Crippen LogP contribution in [0, 0.1) is 6.92 Å². The number of benzene rings is 2. The van der Waals surface area contributed by atoms with Crippen LogP contribution in [0.2, 0.25) is 0 Å². The number of nitrogens with one attached hydrogen (secondary N) is 1. The van der Waals surface area contributed by atoms with E-state index >= 15 is 0 Å². The van der Waals surface area contributed by atoms with Crippen molar-refractivity contribution in [3.8, 4) is 11.1 Å². The van der Waals surface area contributed by atoms with Gasteiger partial charge in [-0.25, -0.2) is 9.97 Å². The number of H-pyrrole nitrogens is 1. The third kappa shape index (κ3) is 2.69. The molecular formula is C22H21N5O. The Balaban J connectivity index is 1.61. The predicted octanol–water partition coefficient (Wildman–Crippen LogP) is 3.79. The average molecular weight is 371 g/mol. The molecule has 5 rings (SSSR count). The number of imidazole rings is 1. The maximum Gasteiger partial charge on any atom is 0.223 e. The summed E-state index contributed by atoms with van der Waals surface area (Å²) in [6, 6.07) is 14.5. The first-order valence-corrected chi connectivity index (χ1v) is 9.52. The van der Waals surface area contributed by atoms with Crippen molar-refractivity contribution in [1.82, 2.24) is 19.9 Å². The minimum absolute atomic E-state index is 0.180. The number of nitrogens with zero attached hydrogens (tertiary/aromatic N) is 3. The standard InChI is InChI=1S/C22H21N5O/c1-13-5-2-3-6-15(13)14-8-9-16-17(11-14)24-22(23)21-20(16)25-18(26-21)12-27-10-4-7-19(27)28/h2-3,5-6,8-9,11H,4,7,10,12H2,1H3,(H2,23,24)(H,25,26). The van der Waals surface area contributed by atoms with Gasteiger partial charge in [-0.05, 0) is 36.1 Å². The lowest BCUT2D eigenvalue weighted by atomic mass is 9.99. The number of nitrogen functional groups attached to an aromatic ring is 1. The Bertz CT molecular complexity index is 1230. The number of rotatable bonds is 3. The fourth-order valence-electron chi connectivity index (χ4n) is 4.01. The summed E-state index contributed by atoms with van der Waals surface area (Å²) in [6.07, 6.45) is 1.53. The second-order valence-electron chi connectivity index (χ2n) is 7.37. The zero-order valence-corrected chi connectivity index (χ0v) is 15.7. The summed E-state index contributed by atoms with van der Waals surface area (Å²) in [7, 11) is 0. The molecule has 2 aromatic heterocycles. The molecule has 3 N–H and O–H groups in total. The van der Waals surface area contributed by atoms with Crippen molar-refractivity contribution in [3.63, 3.8) is 0 Å². The second kappa shape index (κ2) is 6.34. The van der Waals surface area contributed by atoms with E-state index in [1.807, 2.05) is 17.0 Å². The number of carbonyl (C=O) groups excluding carboxylic acids is 1. The van der Waals surface area contributed by atoms with E-state index < -0.39 is 0 Å². The van der Waals surface area contributed by atoms with Crippen molar-refractivity contribution < 1.29 is 4.79 Å². The molecule has 0 saturated carbocycles. The topological polar surface area (TPSA) is 87.9 Å². The van der Waals surface area contributed by atoms with Crippen LogP contribution in [0.5, 0.6) is 0 Å². The highest BCUT2D eigenvalue weighted by Crippen LogP contribution is 2.31. The van der Waals surface area contributed by atoms with E-state index in [1.165, 1.54) is 11.1 Å². The first kappa shape index (κ1) is 16.7. The number of aromatic amines is 1. The van der Waals surface area contributed by atoms with Gasteiger partial charge in [-0.1, -0.05) is 36.4 Å². The van der Waals surface area contributed by atoms with E-state index in [9.17, 15) is 4.79 Å². The molecule has 1 fully saturated rings. The number of aromatic nitrogens is 3. The monoisotopic (exact) mass is 371 g/mol. The summed E-state index contributed by atoms with van der Waals surface area (Å²) >= 11 is 0. The Morgan fingerprint density at radius 3 is 2.82 bits per heavy atom. The van der Waals surface area contributed by atoms with Gasteiger partial charge in [0.25, 0.3) is 0 Å². The molecule has 0 unspecified atom stereocenters. The van der Waals surface area contributed by atoms with Crippen LogP contribution in [0.3, 0.4) is 0 Å². The highest BCUT2D eigenvalue weighted by atomic mass is 16.2. The van der Waals surface area contributed by atoms with E-state index in [0.717, 1.165) is 40.8 Å². The molecule has 140 valence electrons. The van der Waals surface area contributed by atoms with Crippen LogP contribution in [-0.2, 0) is 11.3 Å². The molecule has 1 amide bonds. The largest absolute Gasteiger partial charge is 0.382 e. The van der Waals surface area contributed by atoms with Gasteiger partial charge < -0.3 is 15.6 Å². The fourth-order valence-corrected chi connectivity index (χ4v) is 4.01. The number of likely N-dealkylation sites (tertiary alicyclic amines) is 1. The molecular weight excluding hydrogens is 350 g/mol. The van der Waals surface area contributed by atoms with Crippen LogP contribution in [0.1, 0.15) is 24.2 Å². The Kier molecular flexibility index (Phi) is 3.79. The van der Waals surface area contributed by atoms with Gasteiger partial charge >= 0.3 is 0 Å². The molecule has 0 bridgehead atoms. The number of hydrogen-bond donors (Lipinski definition) is 2. The molecule has 2 aromatic carbocycles. The van der Waals surface area contributed by atoms with Gasteiger partial charge in [0, 0.05) is 18.4 Å². The van der Waals surface area contributed by atoms with Crippen molar-refractivity contribution in [2.24, 2.45) is 0 Å². The van der Waals surface area contributed by atoms with Crippen molar-refractivity contribution in [3.05, 3.63) is 53.9 Å². The van der Waals surface area contributed by atoms with Crippen LogP contribution in [0.25, 0.3) is 33.1 Å². The van der Waals surface area contributed by atoms with E-state index in [0.29, 0.717) is 24.3 Å². The number of pyridine rings is 1. The van der Waals surface area contributed by atoms with Crippen LogP contribution >= 0.6 is 0 Å². The molecule has 0 spiro atoms. The summed E-state index contributed by atoms with van der Waals surface area (Å²) in [5, 5.41) is 0.980. The van der Waals surface area contributed by atoms with Crippen molar-refractivity contribution in [1.29, 1.82) is 0 Å². The number of hydrogen-bond acceptors (Lipinski definition) is 4. The van der Waals surface area contributed by atoms with Gasteiger partial charge in [-0.15, -0.1) is 0 Å². The number of aryl methyl sites for hydroxylation is 1. The van der Waals surface area contributed by atoms with Gasteiger partial charge in [0.15, 0.2) is 5.82 Å². The number of nitrogens with two attached hydrogens (primary N) is 1. The zero-order chi connectivity index (χ0) is 19.3. The first-order chi connectivity index (χ1) is 13.6. The van der Waals surface area contributed by atoms with Crippen molar-refractivity contribution >= 4 is 33.7 Å². The summed E-state index contributed by atoms with van der Waals surface area (Å²) in [4.78, 5) is 26.3.